The molecule has 3 fully saturated rings. The SMILES string of the molecule is COc1ccc2[nH]c(=O)c([C@H](c3nnnn3C[C@@H]3CCCO3)N3CCN(C4CCCCC4)CC3)cc2c1. The molecule has 10 heteroatoms. The van der Waals surface area contributed by atoms with E-state index in [1.54, 1.807) is 7.11 Å². The second-order valence-electron chi connectivity index (χ2n) is 10.6. The molecule has 37 heavy (non-hydrogen) atoms. The van der Waals surface area contributed by atoms with E-state index >= 15 is 0 Å². The zero-order valence-corrected chi connectivity index (χ0v) is 21.6. The van der Waals surface area contributed by atoms with Crippen LogP contribution in [0.1, 0.15) is 62.4 Å². The minimum atomic E-state index is -0.343. The van der Waals surface area contributed by atoms with Gasteiger partial charge in [0.05, 0.1) is 19.8 Å². The molecule has 2 aromatic heterocycles. The van der Waals surface area contributed by atoms with Crippen molar-refractivity contribution in [3.05, 3.63) is 46.0 Å². The fourth-order valence-corrected chi connectivity index (χ4v) is 6.36. The van der Waals surface area contributed by atoms with Crippen LogP contribution in [0.5, 0.6) is 5.75 Å². The van der Waals surface area contributed by atoms with Crippen LogP contribution in [0.15, 0.2) is 29.1 Å². The van der Waals surface area contributed by atoms with E-state index in [2.05, 4.69) is 30.3 Å². The summed E-state index contributed by atoms with van der Waals surface area (Å²) in [5.74, 6) is 1.46. The van der Waals surface area contributed by atoms with Crippen molar-refractivity contribution in [1.29, 1.82) is 0 Å². The lowest BCUT2D eigenvalue weighted by molar-refractivity contribution is 0.0593. The van der Waals surface area contributed by atoms with Crippen LogP contribution < -0.4 is 10.3 Å². The molecule has 3 aromatic rings. The summed E-state index contributed by atoms with van der Waals surface area (Å²) < 4.78 is 13.2. The van der Waals surface area contributed by atoms with Gasteiger partial charge in [-0.1, -0.05) is 19.3 Å². The van der Waals surface area contributed by atoms with Crippen molar-refractivity contribution in [1.82, 2.24) is 35.0 Å². The fourth-order valence-electron chi connectivity index (χ4n) is 6.36. The van der Waals surface area contributed by atoms with Crippen molar-refractivity contribution < 1.29 is 9.47 Å². The highest BCUT2D eigenvalue weighted by atomic mass is 16.5. The first kappa shape index (κ1) is 24.5. The molecule has 0 unspecified atom stereocenters. The number of fused-ring (bicyclic) bond motifs is 1. The number of pyridine rings is 1. The smallest absolute Gasteiger partial charge is 0.253 e. The summed E-state index contributed by atoms with van der Waals surface area (Å²) in [6.45, 7) is 5.09. The third-order valence-electron chi connectivity index (χ3n) is 8.38. The van der Waals surface area contributed by atoms with E-state index in [1.807, 2.05) is 28.9 Å². The molecular formula is C27H37N7O3. The Labute approximate surface area is 216 Å². The molecule has 198 valence electrons. The Hall–Kier alpha value is -2.82. The molecule has 10 nitrogen and oxygen atoms in total. The summed E-state index contributed by atoms with van der Waals surface area (Å²) in [5, 5.41) is 13.8. The van der Waals surface area contributed by atoms with Crippen molar-refractivity contribution in [2.75, 3.05) is 39.9 Å². The summed E-state index contributed by atoms with van der Waals surface area (Å²) in [6, 6.07) is 8.04. The molecule has 6 rings (SSSR count). The van der Waals surface area contributed by atoms with Crippen molar-refractivity contribution in [3.63, 3.8) is 0 Å². The average Bonchev–Trinajstić information content (AvgIpc) is 3.63. The van der Waals surface area contributed by atoms with Gasteiger partial charge in [-0.2, -0.15) is 0 Å². The van der Waals surface area contributed by atoms with Gasteiger partial charge in [0.25, 0.3) is 5.56 Å². The van der Waals surface area contributed by atoms with Crippen LogP contribution >= 0.6 is 0 Å². The van der Waals surface area contributed by atoms with Crippen LogP contribution in [0.25, 0.3) is 10.9 Å². The fraction of sp³-hybridized carbons (Fsp3) is 0.630. The number of rotatable bonds is 7. The number of tetrazole rings is 1. The topological polar surface area (TPSA) is 101 Å². The number of H-pyrrole nitrogens is 1. The van der Waals surface area contributed by atoms with Gasteiger partial charge in [0.15, 0.2) is 5.82 Å². The van der Waals surface area contributed by atoms with E-state index in [0.717, 1.165) is 62.3 Å². The van der Waals surface area contributed by atoms with Crippen molar-refractivity contribution in [2.24, 2.45) is 0 Å². The molecule has 2 saturated heterocycles. The number of aromatic amines is 1. The summed E-state index contributed by atoms with van der Waals surface area (Å²) in [6.07, 6.45) is 8.79. The lowest BCUT2D eigenvalue weighted by atomic mass is 9.93. The number of nitrogens with one attached hydrogen (secondary N) is 1. The van der Waals surface area contributed by atoms with Gasteiger partial charge >= 0.3 is 0 Å². The number of piperazine rings is 1. The zero-order chi connectivity index (χ0) is 25.2. The van der Waals surface area contributed by atoms with Crippen LogP contribution in [-0.4, -0.2) is 87.0 Å². The number of aromatic nitrogens is 5. The van der Waals surface area contributed by atoms with Gasteiger partial charge < -0.3 is 14.5 Å². The Morgan fingerprint density at radius 1 is 1.08 bits per heavy atom. The predicted octanol–water partition coefficient (Wildman–Crippen LogP) is 2.74. The third-order valence-corrected chi connectivity index (χ3v) is 8.38. The lowest BCUT2D eigenvalue weighted by Gasteiger charge is -2.43. The standard InChI is InChI=1S/C27H37N7O3/c1-36-21-9-10-24-19(16-21)17-23(27(35)28-24)25(26-29-30-31-34(26)18-22-8-5-15-37-22)33-13-11-32(12-14-33)20-6-3-2-4-7-20/h9-10,16-17,20,22,25H,2-8,11-15,18H2,1H3,(H,28,35)/t22-,25+/m0/s1. The van der Waals surface area contributed by atoms with Crippen LogP contribution in [0.2, 0.25) is 0 Å². The second kappa shape index (κ2) is 10.9. The minimum absolute atomic E-state index is 0.102. The first-order valence-electron chi connectivity index (χ1n) is 13.8. The van der Waals surface area contributed by atoms with E-state index in [0.29, 0.717) is 24.0 Å². The highest BCUT2D eigenvalue weighted by Crippen LogP contribution is 2.31. The number of ether oxygens (including phenoxy) is 2. The quantitative estimate of drug-likeness (QED) is 0.521. The highest BCUT2D eigenvalue weighted by Gasteiger charge is 2.35. The van der Waals surface area contributed by atoms with Gasteiger partial charge in [-0.3, -0.25) is 14.6 Å². The molecule has 0 amide bonds. The van der Waals surface area contributed by atoms with E-state index in [1.165, 1.54) is 32.1 Å². The summed E-state index contributed by atoms with van der Waals surface area (Å²) in [4.78, 5) is 21.6. The highest BCUT2D eigenvalue weighted by molar-refractivity contribution is 5.80. The van der Waals surface area contributed by atoms with E-state index < -0.39 is 0 Å². The maximum atomic E-state index is 13.5. The second-order valence-corrected chi connectivity index (χ2v) is 10.6. The number of hydrogen-bond donors (Lipinski definition) is 1. The molecule has 0 radical (unpaired) electrons. The lowest BCUT2D eigenvalue weighted by Crippen LogP contribution is -2.52. The first-order chi connectivity index (χ1) is 18.2. The Kier molecular flexibility index (Phi) is 7.21. The minimum Gasteiger partial charge on any atom is -0.497 e. The molecule has 1 N–H and O–H groups in total. The summed E-state index contributed by atoms with van der Waals surface area (Å²) in [7, 11) is 1.65. The molecule has 2 aliphatic heterocycles. The van der Waals surface area contributed by atoms with Gasteiger partial charge in [-0.25, -0.2) is 4.68 Å². The van der Waals surface area contributed by atoms with Crippen molar-refractivity contribution in [3.8, 4) is 5.75 Å². The molecule has 3 aliphatic rings. The Morgan fingerprint density at radius 2 is 1.92 bits per heavy atom. The third kappa shape index (κ3) is 5.15. The van der Waals surface area contributed by atoms with Crippen molar-refractivity contribution in [2.45, 2.75) is 69.7 Å². The molecule has 4 heterocycles. The van der Waals surface area contributed by atoms with Crippen molar-refractivity contribution >= 4 is 10.9 Å². The van der Waals surface area contributed by atoms with E-state index in [4.69, 9.17) is 9.47 Å². The largest absolute Gasteiger partial charge is 0.497 e. The molecule has 0 bridgehead atoms. The van der Waals surface area contributed by atoms with Crippen LogP contribution in [0.4, 0.5) is 0 Å². The van der Waals surface area contributed by atoms with Crippen LogP contribution in [0.3, 0.4) is 0 Å². The molecular weight excluding hydrogens is 470 g/mol. The Bertz CT molecular complexity index is 1250. The van der Waals surface area contributed by atoms with Gasteiger partial charge in [0.1, 0.15) is 11.8 Å². The number of hydrogen-bond acceptors (Lipinski definition) is 8. The zero-order valence-electron chi connectivity index (χ0n) is 21.6. The normalized spacial score (nSPS) is 23.0. The summed E-state index contributed by atoms with van der Waals surface area (Å²) >= 11 is 0. The van der Waals surface area contributed by atoms with E-state index in [-0.39, 0.29) is 17.7 Å². The van der Waals surface area contributed by atoms with Gasteiger partial charge in [0.2, 0.25) is 0 Å². The molecule has 1 aliphatic carbocycles. The average molecular weight is 508 g/mol. The van der Waals surface area contributed by atoms with Gasteiger partial charge in [0, 0.05) is 55.3 Å². The van der Waals surface area contributed by atoms with Crippen LogP contribution in [-0.2, 0) is 11.3 Å². The maximum absolute atomic E-state index is 13.5. The molecule has 1 aromatic carbocycles. The monoisotopic (exact) mass is 507 g/mol. The van der Waals surface area contributed by atoms with Gasteiger partial charge in [-0.05, 0) is 60.4 Å². The summed E-state index contributed by atoms with van der Waals surface area (Å²) in [5.41, 5.74) is 1.34. The number of benzene rings is 1. The predicted molar refractivity (Wildman–Crippen MR) is 140 cm³/mol. The molecule has 2 atom stereocenters. The van der Waals surface area contributed by atoms with Gasteiger partial charge in [-0.15, -0.1) is 5.10 Å². The van der Waals surface area contributed by atoms with E-state index in [9.17, 15) is 4.79 Å². The number of methoxy groups -OCH3 is 1. The Morgan fingerprint density at radius 3 is 2.68 bits per heavy atom. The Balaban J connectivity index is 1.35. The first-order valence-corrected chi connectivity index (χ1v) is 13.8. The van der Waals surface area contributed by atoms with Crippen LogP contribution in [0, 0.1) is 0 Å². The molecule has 0 spiro atoms. The maximum Gasteiger partial charge on any atom is 0.253 e. The number of nitrogens with zero attached hydrogens (tertiary/aromatic N) is 6. The molecule has 1 saturated carbocycles.